The first-order valence-electron chi connectivity index (χ1n) is 6.60. The third-order valence-corrected chi connectivity index (χ3v) is 3.79. The first-order valence-corrected chi connectivity index (χ1v) is 7.48. The van der Waals surface area contributed by atoms with Crippen molar-refractivity contribution in [3.63, 3.8) is 0 Å². The summed E-state index contributed by atoms with van der Waals surface area (Å²) in [6.07, 6.45) is 2.01. The van der Waals surface area contributed by atoms with Crippen LogP contribution >= 0.6 is 11.3 Å². The number of carbonyl (C=O) groups is 1. The van der Waals surface area contributed by atoms with E-state index in [0.29, 0.717) is 11.7 Å². The number of carboxylic acid groups (broad SMARTS) is 1. The van der Waals surface area contributed by atoms with E-state index in [0.717, 1.165) is 18.0 Å². The molecule has 0 aliphatic heterocycles. The van der Waals surface area contributed by atoms with E-state index in [1.807, 2.05) is 18.2 Å². The van der Waals surface area contributed by atoms with E-state index < -0.39 is 5.97 Å². The molecule has 1 atom stereocenters. The maximum atomic E-state index is 10.6. The van der Waals surface area contributed by atoms with Crippen LogP contribution in [0, 0.1) is 0 Å². The molecule has 1 unspecified atom stereocenters. The lowest BCUT2D eigenvalue weighted by Crippen LogP contribution is -2.16. The molecule has 0 saturated heterocycles. The summed E-state index contributed by atoms with van der Waals surface area (Å²) in [4.78, 5) is 14.9. The molecule has 0 aliphatic rings. The smallest absolute Gasteiger partial charge is 0.309 e. The van der Waals surface area contributed by atoms with Crippen LogP contribution in [0.4, 0.5) is 5.13 Å². The van der Waals surface area contributed by atoms with Gasteiger partial charge >= 0.3 is 5.97 Å². The van der Waals surface area contributed by atoms with Gasteiger partial charge in [0.25, 0.3) is 0 Å². The van der Waals surface area contributed by atoms with E-state index in [-0.39, 0.29) is 6.42 Å². The highest BCUT2D eigenvalue weighted by Crippen LogP contribution is 2.18. The van der Waals surface area contributed by atoms with Crippen molar-refractivity contribution in [1.82, 2.24) is 4.98 Å². The van der Waals surface area contributed by atoms with Gasteiger partial charge in [0.15, 0.2) is 5.13 Å². The van der Waals surface area contributed by atoms with Crippen molar-refractivity contribution < 1.29 is 9.90 Å². The van der Waals surface area contributed by atoms with Gasteiger partial charge in [-0.1, -0.05) is 30.3 Å². The van der Waals surface area contributed by atoms with Gasteiger partial charge in [0, 0.05) is 11.4 Å². The van der Waals surface area contributed by atoms with Crippen LogP contribution in [0.1, 0.15) is 24.6 Å². The van der Waals surface area contributed by atoms with Crippen LogP contribution in [0.2, 0.25) is 0 Å². The van der Waals surface area contributed by atoms with Gasteiger partial charge in [0.05, 0.1) is 12.1 Å². The van der Waals surface area contributed by atoms with Crippen molar-refractivity contribution in [2.24, 2.45) is 0 Å². The Morgan fingerprint density at radius 1 is 1.40 bits per heavy atom. The zero-order valence-electron chi connectivity index (χ0n) is 11.4. The fraction of sp³-hybridized carbons (Fsp3) is 0.333. The van der Waals surface area contributed by atoms with E-state index in [9.17, 15) is 4.79 Å². The number of nitrogens with zero attached hydrogens (tertiary/aromatic N) is 1. The molecule has 2 rings (SSSR count). The van der Waals surface area contributed by atoms with Crippen LogP contribution in [-0.2, 0) is 17.6 Å². The Kier molecular flexibility index (Phi) is 5.12. The van der Waals surface area contributed by atoms with Crippen LogP contribution in [0.3, 0.4) is 0 Å². The van der Waals surface area contributed by atoms with E-state index in [2.05, 4.69) is 29.4 Å². The minimum atomic E-state index is -0.848. The molecule has 0 amide bonds. The highest BCUT2D eigenvalue weighted by molar-refractivity contribution is 7.13. The van der Waals surface area contributed by atoms with Gasteiger partial charge < -0.3 is 10.4 Å². The average Bonchev–Trinajstić information content (AvgIpc) is 2.84. The Morgan fingerprint density at radius 2 is 2.15 bits per heavy atom. The molecule has 2 aromatic rings. The van der Waals surface area contributed by atoms with Crippen molar-refractivity contribution in [3.8, 4) is 0 Å². The molecule has 106 valence electrons. The third-order valence-electron chi connectivity index (χ3n) is 2.96. The largest absolute Gasteiger partial charge is 0.481 e. The summed E-state index contributed by atoms with van der Waals surface area (Å²) in [5.41, 5.74) is 1.94. The number of nitrogens with one attached hydrogen (secondary N) is 1. The van der Waals surface area contributed by atoms with Crippen LogP contribution < -0.4 is 5.32 Å². The Labute approximate surface area is 122 Å². The predicted molar refractivity (Wildman–Crippen MR) is 81.3 cm³/mol. The minimum Gasteiger partial charge on any atom is -0.481 e. The summed E-state index contributed by atoms with van der Waals surface area (Å²) in [6, 6.07) is 10.7. The van der Waals surface area contributed by atoms with Gasteiger partial charge in [0.1, 0.15) is 0 Å². The molecular weight excluding hydrogens is 272 g/mol. The molecule has 0 radical (unpaired) electrons. The molecule has 0 fully saturated rings. The number of carboxylic acids is 1. The van der Waals surface area contributed by atoms with Crippen LogP contribution in [0.5, 0.6) is 0 Å². The summed E-state index contributed by atoms with van der Waals surface area (Å²) in [5.74, 6) is -0.848. The quantitative estimate of drug-likeness (QED) is 0.822. The van der Waals surface area contributed by atoms with Crippen molar-refractivity contribution in [3.05, 3.63) is 47.0 Å². The fourth-order valence-electron chi connectivity index (χ4n) is 1.92. The summed E-state index contributed by atoms with van der Waals surface area (Å²) < 4.78 is 0. The number of rotatable bonds is 7. The lowest BCUT2D eigenvalue weighted by molar-refractivity contribution is -0.136. The average molecular weight is 290 g/mol. The number of thiazole rings is 1. The van der Waals surface area contributed by atoms with Gasteiger partial charge in [0.2, 0.25) is 0 Å². The van der Waals surface area contributed by atoms with E-state index in [1.54, 1.807) is 5.38 Å². The SMILES string of the molecule is CC(CCc1ccccc1)Nc1nc(CC(=O)O)cs1. The first-order chi connectivity index (χ1) is 9.63. The van der Waals surface area contributed by atoms with Gasteiger partial charge in [-0.15, -0.1) is 11.3 Å². The molecule has 0 spiro atoms. The van der Waals surface area contributed by atoms with E-state index in [4.69, 9.17) is 5.11 Å². The third kappa shape index (κ3) is 4.66. The standard InChI is InChI=1S/C15H18N2O2S/c1-11(7-8-12-5-3-2-4-6-12)16-15-17-13(10-20-15)9-14(18)19/h2-6,10-11H,7-9H2,1H3,(H,16,17)(H,18,19). The summed E-state index contributed by atoms with van der Waals surface area (Å²) in [6.45, 7) is 2.11. The van der Waals surface area contributed by atoms with E-state index >= 15 is 0 Å². The van der Waals surface area contributed by atoms with Gasteiger partial charge in [-0.05, 0) is 25.3 Å². The number of hydrogen-bond acceptors (Lipinski definition) is 4. The second kappa shape index (κ2) is 7.05. The Bertz CT molecular complexity index is 554. The molecule has 0 bridgehead atoms. The number of aliphatic carboxylic acids is 1. The maximum Gasteiger partial charge on any atom is 0.309 e. The second-order valence-electron chi connectivity index (χ2n) is 4.78. The highest BCUT2D eigenvalue weighted by atomic mass is 32.1. The highest BCUT2D eigenvalue weighted by Gasteiger charge is 2.08. The zero-order chi connectivity index (χ0) is 14.4. The molecule has 1 aromatic carbocycles. The van der Waals surface area contributed by atoms with Crippen molar-refractivity contribution in [2.75, 3.05) is 5.32 Å². The number of aromatic nitrogens is 1. The number of anilines is 1. The monoisotopic (exact) mass is 290 g/mol. The van der Waals surface area contributed by atoms with Crippen LogP contribution in [0.15, 0.2) is 35.7 Å². The second-order valence-corrected chi connectivity index (χ2v) is 5.64. The van der Waals surface area contributed by atoms with Gasteiger partial charge in [-0.3, -0.25) is 4.79 Å². The fourth-order valence-corrected chi connectivity index (χ4v) is 2.74. The van der Waals surface area contributed by atoms with E-state index in [1.165, 1.54) is 16.9 Å². The molecule has 4 nitrogen and oxygen atoms in total. The molecule has 1 aromatic heterocycles. The molecule has 0 saturated carbocycles. The molecule has 5 heteroatoms. The lowest BCUT2D eigenvalue weighted by Gasteiger charge is -2.12. The van der Waals surface area contributed by atoms with Crippen LogP contribution in [-0.4, -0.2) is 22.1 Å². The molecule has 1 heterocycles. The van der Waals surface area contributed by atoms with Crippen molar-refractivity contribution in [2.45, 2.75) is 32.2 Å². The Hall–Kier alpha value is -1.88. The van der Waals surface area contributed by atoms with Gasteiger partial charge in [-0.25, -0.2) is 4.98 Å². The first kappa shape index (κ1) is 14.5. The molecule has 0 aliphatic carbocycles. The maximum absolute atomic E-state index is 10.6. The predicted octanol–water partition coefficient (Wildman–Crippen LogP) is 3.20. The summed E-state index contributed by atoms with van der Waals surface area (Å²) in [5, 5.41) is 14.6. The van der Waals surface area contributed by atoms with Crippen molar-refractivity contribution >= 4 is 22.4 Å². The summed E-state index contributed by atoms with van der Waals surface area (Å²) in [7, 11) is 0. The zero-order valence-corrected chi connectivity index (χ0v) is 12.2. The lowest BCUT2D eigenvalue weighted by atomic mass is 10.1. The van der Waals surface area contributed by atoms with Gasteiger partial charge in [-0.2, -0.15) is 0 Å². The molecular formula is C15H18N2O2S. The normalized spacial score (nSPS) is 12.1. The number of aryl methyl sites for hydroxylation is 1. The Balaban J connectivity index is 1.80. The Morgan fingerprint density at radius 3 is 2.85 bits per heavy atom. The molecule has 2 N–H and O–H groups in total. The molecule has 20 heavy (non-hydrogen) atoms. The summed E-state index contributed by atoms with van der Waals surface area (Å²) >= 11 is 1.46. The van der Waals surface area contributed by atoms with Crippen molar-refractivity contribution in [1.29, 1.82) is 0 Å². The number of hydrogen-bond donors (Lipinski definition) is 2. The number of benzene rings is 1. The topological polar surface area (TPSA) is 62.2 Å². The van der Waals surface area contributed by atoms with Crippen LogP contribution in [0.25, 0.3) is 0 Å². The minimum absolute atomic E-state index is 0.0173.